The molecule has 2 amide bonds. The summed E-state index contributed by atoms with van der Waals surface area (Å²) in [5.41, 5.74) is 0.820. The van der Waals surface area contributed by atoms with E-state index in [1.54, 1.807) is 17.0 Å². The van der Waals surface area contributed by atoms with Crippen LogP contribution in [0.3, 0.4) is 0 Å². The normalized spacial score (nSPS) is 17.5. The minimum absolute atomic E-state index is 0.140. The second-order valence-corrected chi connectivity index (χ2v) is 8.77. The Morgan fingerprint density at radius 2 is 1.62 bits per heavy atom. The third kappa shape index (κ3) is 5.47. The standard InChI is InChI=1S/C24H25ClF3N3O3/c25-19-2-1-3-20(21(19)30-12-14-34-15-13-30)29-22(32)16-8-10-31(11-9-16)23(33)17-4-6-18(7-5-17)24(26,27)28/h1-7,16H,8-15H2,(H,29,32). The van der Waals surface area contributed by atoms with Crippen LogP contribution in [-0.4, -0.2) is 56.1 Å². The summed E-state index contributed by atoms with van der Waals surface area (Å²) < 4.78 is 43.7. The Labute approximate surface area is 200 Å². The second kappa shape index (κ2) is 10.2. The number of rotatable bonds is 4. The van der Waals surface area contributed by atoms with Gasteiger partial charge >= 0.3 is 6.18 Å². The molecule has 0 unspecified atom stereocenters. The van der Waals surface area contributed by atoms with E-state index in [4.69, 9.17) is 16.3 Å². The summed E-state index contributed by atoms with van der Waals surface area (Å²) in [6.07, 6.45) is -3.52. The van der Waals surface area contributed by atoms with Gasteiger partial charge < -0.3 is 19.9 Å². The number of morpholine rings is 1. The average molecular weight is 496 g/mol. The molecule has 2 aliphatic heterocycles. The molecule has 182 valence electrons. The maximum Gasteiger partial charge on any atom is 0.416 e. The van der Waals surface area contributed by atoms with Crippen LogP contribution in [0.25, 0.3) is 0 Å². The van der Waals surface area contributed by atoms with E-state index in [0.29, 0.717) is 62.9 Å². The van der Waals surface area contributed by atoms with Gasteiger partial charge in [-0.3, -0.25) is 9.59 Å². The Kier molecular flexibility index (Phi) is 7.33. The highest BCUT2D eigenvalue weighted by Gasteiger charge is 2.32. The summed E-state index contributed by atoms with van der Waals surface area (Å²) in [5.74, 6) is -0.761. The van der Waals surface area contributed by atoms with Gasteiger partial charge in [0.05, 0.1) is 35.2 Å². The Morgan fingerprint density at radius 3 is 2.24 bits per heavy atom. The van der Waals surface area contributed by atoms with Gasteiger partial charge in [-0.15, -0.1) is 0 Å². The molecule has 6 nitrogen and oxygen atoms in total. The zero-order valence-electron chi connectivity index (χ0n) is 18.4. The topological polar surface area (TPSA) is 61.9 Å². The Bertz CT molecular complexity index is 1030. The molecule has 2 fully saturated rings. The molecule has 0 spiro atoms. The molecule has 2 saturated heterocycles. The summed E-state index contributed by atoms with van der Waals surface area (Å²) in [7, 11) is 0. The van der Waals surface area contributed by atoms with E-state index < -0.39 is 11.7 Å². The first-order valence-corrected chi connectivity index (χ1v) is 11.5. The van der Waals surface area contributed by atoms with E-state index in [9.17, 15) is 22.8 Å². The van der Waals surface area contributed by atoms with Crippen molar-refractivity contribution in [3.05, 3.63) is 58.6 Å². The molecular weight excluding hydrogens is 471 g/mol. The van der Waals surface area contributed by atoms with Crippen molar-refractivity contribution < 1.29 is 27.5 Å². The van der Waals surface area contributed by atoms with Gasteiger partial charge in [0, 0.05) is 37.7 Å². The lowest BCUT2D eigenvalue weighted by molar-refractivity contribution is -0.137. The number of anilines is 2. The van der Waals surface area contributed by atoms with E-state index in [0.717, 1.165) is 17.8 Å². The van der Waals surface area contributed by atoms with Crippen LogP contribution in [0.2, 0.25) is 5.02 Å². The fourth-order valence-corrected chi connectivity index (χ4v) is 4.58. The van der Waals surface area contributed by atoms with Gasteiger partial charge in [-0.05, 0) is 49.2 Å². The number of nitrogens with zero attached hydrogens (tertiary/aromatic N) is 2. The molecule has 0 aromatic heterocycles. The zero-order valence-corrected chi connectivity index (χ0v) is 19.2. The van der Waals surface area contributed by atoms with Crippen LogP contribution in [-0.2, 0) is 15.7 Å². The highest BCUT2D eigenvalue weighted by Crippen LogP contribution is 2.35. The number of halogens is 4. The van der Waals surface area contributed by atoms with Crippen LogP contribution in [0.4, 0.5) is 24.5 Å². The number of para-hydroxylation sites is 1. The van der Waals surface area contributed by atoms with E-state index in [1.807, 2.05) is 6.07 Å². The molecule has 10 heteroatoms. The Balaban J connectivity index is 1.36. The zero-order chi connectivity index (χ0) is 24.3. The smallest absolute Gasteiger partial charge is 0.378 e. The number of benzene rings is 2. The lowest BCUT2D eigenvalue weighted by atomic mass is 9.95. The molecule has 0 aliphatic carbocycles. The van der Waals surface area contributed by atoms with E-state index >= 15 is 0 Å². The van der Waals surface area contributed by atoms with Crippen LogP contribution < -0.4 is 10.2 Å². The maximum absolute atomic E-state index is 13.0. The minimum atomic E-state index is -4.45. The van der Waals surface area contributed by atoms with Crippen molar-refractivity contribution in [2.24, 2.45) is 5.92 Å². The minimum Gasteiger partial charge on any atom is -0.378 e. The van der Waals surface area contributed by atoms with Crippen LogP contribution in [0, 0.1) is 5.92 Å². The van der Waals surface area contributed by atoms with Gasteiger partial charge in [-0.25, -0.2) is 0 Å². The molecule has 2 aliphatic rings. The average Bonchev–Trinajstić information content (AvgIpc) is 2.84. The fraction of sp³-hybridized carbons (Fsp3) is 0.417. The SMILES string of the molecule is O=C(Nc1cccc(Cl)c1N1CCOCC1)C1CCN(C(=O)c2ccc(C(F)(F)F)cc2)CC1. The molecule has 4 rings (SSSR count). The lowest BCUT2D eigenvalue weighted by Crippen LogP contribution is -2.41. The monoisotopic (exact) mass is 495 g/mol. The molecule has 0 atom stereocenters. The largest absolute Gasteiger partial charge is 0.416 e. The van der Waals surface area contributed by atoms with Gasteiger partial charge in [-0.1, -0.05) is 17.7 Å². The van der Waals surface area contributed by atoms with Gasteiger partial charge in [0.2, 0.25) is 5.91 Å². The Morgan fingerprint density at radius 1 is 0.971 bits per heavy atom. The Hall–Kier alpha value is -2.78. The van der Waals surface area contributed by atoms with Crippen molar-refractivity contribution in [1.29, 1.82) is 0 Å². The number of carbonyl (C=O) groups is 2. The predicted molar refractivity (Wildman–Crippen MR) is 123 cm³/mol. The van der Waals surface area contributed by atoms with Gasteiger partial charge in [0.15, 0.2) is 0 Å². The number of alkyl halides is 3. The first kappa shape index (κ1) is 24.3. The highest BCUT2D eigenvalue weighted by atomic mass is 35.5. The van der Waals surface area contributed by atoms with Crippen LogP contribution >= 0.6 is 11.6 Å². The summed E-state index contributed by atoms with van der Waals surface area (Å²) in [6, 6.07) is 9.58. The van der Waals surface area contributed by atoms with Crippen LogP contribution in [0.15, 0.2) is 42.5 Å². The molecule has 1 N–H and O–H groups in total. The molecule has 0 radical (unpaired) electrons. The third-order valence-corrected chi connectivity index (χ3v) is 6.49. The number of likely N-dealkylation sites (tertiary alicyclic amines) is 1. The summed E-state index contributed by atoms with van der Waals surface area (Å²) in [6.45, 7) is 3.23. The number of carbonyl (C=O) groups excluding carboxylic acids is 2. The number of piperidine rings is 1. The number of amides is 2. The van der Waals surface area contributed by atoms with E-state index in [-0.39, 0.29) is 23.3 Å². The predicted octanol–water partition coefficient (Wildman–Crippen LogP) is 4.69. The number of nitrogens with one attached hydrogen (secondary N) is 1. The maximum atomic E-state index is 13.0. The number of hydrogen-bond donors (Lipinski definition) is 1. The van der Waals surface area contributed by atoms with Crippen molar-refractivity contribution in [3.8, 4) is 0 Å². The van der Waals surface area contributed by atoms with Gasteiger partial charge in [0.1, 0.15) is 0 Å². The van der Waals surface area contributed by atoms with Crippen molar-refractivity contribution in [2.75, 3.05) is 49.6 Å². The third-order valence-electron chi connectivity index (χ3n) is 6.18. The van der Waals surface area contributed by atoms with Gasteiger partial charge in [-0.2, -0.15) is 13.2 Å². The van der Waals surface area contributed by atoms with Crippen molar-refractivity contribution in [3.63, 3.8) is 0 Å². The molecular formula is C24H25ClF3N3O3. The van der Waals surface area contributed by atoms with Crippen LogP contribution in [0.1, 0.15) is 28.8 Å². The molecule has 0 saturated carbocycles. The molecule has 34 heavy (non-hydrogen) atoms. The second-order valence-electron chi connectivity index (χ2n) is 8.37. The molecule has 2 heterocycles. The van der Waals surface area contributed by atoms with Crippen molar-refractivity contribution >= 4 is 34.8 Å². The number of hydrogen-bond acceptors (Lipinski definition) is 4. The quantitative estimate of drug-likeness (QED) is 0.668. The van der Waals surface area contributed by atoms with Gasteiger partial charge in [0.25, 0.3) is 5.91 Å². The lowest BCUT2D eigenvalue weighted by Gasteiger charge is -2.33. The van der Waals surface area contributed by atoms with Crippen molar-refractivity contribution in [2.45, 2.75) is 19.0 Å². The molecule has 2 aromatic rings. The first-order chi connectivity index (χ1) is 16.2. The number of ether oxygens (including phenoxy) is 1. The van der Waals surface area contributed by atoms with E-state index in [2.05, 4.69) is 10.2 Å². The van der Waals surface area contributed by atoms with Crippen molar-refractivity contribution in [1.82, 2.24) is 4.90 Å². The summed E-state index contributed by atoms with van der Waals surface area (Å²) in [4.78, 5) is 29.3. The summed E-state index contributed by atoms with van der Waals surface area (Å²) in [5, 5.41) is 3.55. The molecule has 0 bridgehead atoms. The van der Waals surface area contributed by atoms with Crippen LogP contribution in [0.5, 0.6) is 0 Å². The van der Waals surface area contributed by atoms with E-state index in [1.165, 1.54) is 12.1 Å². The molecule has 2 aromatic carbocycles. The highest BCUT2D eigenvalue weighted by molar-refractivity contribution is 6.34. The summed E-state index contributed by atoms with van der Waals surface area (Å²) >= 11 is 6.44. The first-order valence-electron chi connectivity index (χ1n) is 11.1. The fourth-order valence-electron chi connectivity index (χ4n) is 4.29.